The summed E-state index contributed by atoms with van der Waals surface area (Å²) in [5.74, 6) is 0.552. The van der Waals surface area contributed by atoms with Gasteiger partial charge >= 0.3 is 0 Å². The lowest BCUT2D eigenvalue weighted by Crippen LogP contribution is -2.26. The van der Waals surface area contributed by atoms with Gasteiger partial charge in [-0.25, -0.2) is 9.97 Å². The molecule has 0 aliphatic carbocycles. The molecule has 0 aliphatic heterocycles. The van der Waals surface area contributed by atoms with Crippen LogP contribution in [0.3, 0.4) is 0 Å². The van der Waals surface area contributed by atoms with Gasteiger partial charge in [0.25, 0.3) is 0 Å². The second-order valence-electron chi connectivity index (χ2n) is 4.37. The van der Waals surface area contributed by atoms with Crippen LogP contribution in [0.2, 0.25) is 0 Å². The number of ether oxygens (including phenoxy) is 1. The summed E-state index contributed by atoms with van der Waals surface area (Å²) < 4.78 is 7.96. The van der Waals surface area contributed by atoms with Gasteiger partial charge < -0.3 is 10.1 Å². The number of rotatable bonds is 6. The monoisotopic (exact) mass is 339 g/mol. The molecule has 0 amide bonds. The van der Waals surface area contributed by atoms with E-state index in [9.17, 15) is 0 Å². The predicted molar refractivity (Wildman–Crippen MR) is 79.6 cm³/mol. The second-order valence-corrected chi connectivity index (χ2v) is 5.23. The summed E-state index contributed by atoms with van der Waals surface area (Å²) in [5, 5.41) is 7.75. The number of nitrogens with zero attached hydrogens (tertiary/aromatic N) is 4. The van der Waals surface area contributed by atoms with Crippen molar-refractivity contribution in [2.45, 2.75) is 19.4 Å². The summed E-state index contributed by atoms with van der Waals surface area (Å²) in [6.45, 7) is 3.01. The van der Waals surface area contributed by atoms with E-state index in [1.54, 1.807) is 13.3 Å². The van der Waals surface area contributed by atoms with Crippen LogP contribution in [-0.2, 0) is 7.05 Å². The molecular formula is C13H18BrN5O. The lowest BCUT2D eigenvalue weighted by atomic mass is 10.1. The van der Waals surface area contributed by atoms with E-state index < -0.39 is 0 Å². The van der Waals surface area contributed by atoms with Crippen molar-refractivity contribution in [2.75, 3.05) is 13.7 Å². The Balaban J connectivity index is 2.41. The number of hydrogen-bond acceptors (Lipinski definition) is 5. The van der Waals surface area contributed by atoms with Crippen LogP contribution in [0.1, 0.15) is 30.8 Å². The van der Waals surface area contributed by atoms with Crippen molar-refractivity contribution in [3.05, 3.63) is 34.5 Å². The highest BCUT2D eigenvalue weighted by Crippen LogP contribution is 2.28. The first kappa shape index (κ1) is 14.9. The first-order valence-electron chi connectivity index (χ1n) is 6.44. The van der Waals surface area contributed by atoms with Crippen LogP contribution in [-0.4, -0.2) is 33.4 Å². The maximum absolute atomic E-state index is 5.17. The zero-order valence-corrected chi connectivity index (χ0v) is 13.4. The van der Waals surface area contributed by atoms with Crippen molar-refractivity contribution in [2.24, 2.45) is 7.05 Å². The third kappa shape index (κ3) is 3.16. The van der Waals surface area contributed by atoms with Crippen LogP contribution in [0.15, 0.2) is 23.1 Å². The highest BCUT2D eigenvalue weighted by atomic mass is 79.9. The van der Waals surface area contributed by atoms with Gasteiger partial charge in [-0.2, -0.15) is 5.10 Å². The topological polar surface area (TPSA) is 64.9 Å². The molecule has 1 unspecified atom stereocenters. The maximum Gasteiger partial charge on any atom is 0.216 e. The molecule has 0 bridgehead atoms. The van der Waals surface area contributed by atoms with Gasteiger partial charge in [0, 0.05) is 13.1 Å². The molecule has 1 N–H and O–H groups in total. The molecule has 2 aromatic heterocycles. The van der Waals surface area contributed by atoms with E-state index in [-0.39, 0.29) is 6.04 Å². The molecule has 7 heteroatoms. The van der Waals surface area contributed by atoms with E-state index in [1.165, 1.54) is 6.33 Å². The Bertz CT molecular complexity index is 552. The zero-order chi connectivity index (χ0) is 14.5. The average Bonchev–Trinajstić information content (AvgIpc) is 2.80. The van der Waals surface area contributed by atoms with Crippen LogP contribution < -0.4 is 10.1 Å². The summed E-state index contributed by atoms with van der Waals surface area (Å²) in [6.07, 6.45) is 4.33. The van der Waals surface area contributed by atoms with Crippen molar-refractivity contribution >= 4 is 15.9 Å². The molecule has 0 aliphatic rings. The van der Waals surface area contributed by atoms with Gasteiger partial charge in [-0.15, -0.1) is 0 Å². The van der Waals surface area contributed by atoms with Crippen molar-refractivity contribution in [3.8, 4) is 5.88 Å². The van der Waals surface area contributed by atoms with E-state index in [0.717, 1.165) is 28.8 Å². The van der Waals surface area contributed by atoms with E-state index in [4.69, 9.17) is 4.74 Å². The third-order valence-corrected chi connectivity index (χ3v) is 3.59. The van der Waals surface area contributed by atoms with Crippen LogP contribution in [0.4, 0.5) is 0 Å². The minimum atomic E-state index is -0.0614. The number of nitrogens with one attached hydrogen (secondary N) is 1. The molecule has 0 radical (unpaired) electrons. The van der Waals surface area contributed by atoms with Gasteiger partial charge in [0.05, 0.1) is 35.2 Å². The smallest absolute Gasteiger partial charge is 0.216 e. The molecule has 0 aromatic carbocycles. The molecule has 108 valence electrons. The molecule has 6 nitrogen and oxygen atoms in total. The summed E-state index contributed by atoms with van der Waals surface area (Å²) in [7, 11) is 3.51. The van der Waals surface area contributed by atoms with Gasteiger partial charge in [0.1, 0.15) is 6.33 Å². The fraction of sp³-hybridized carbons (Fsp3) is 0.462. The van der Waals surface area contributed by atoms with E-state index in [0.29, 0.717) is 5.88 Å². The van der Waals surface area contributed by atoms with Crippen molar-refractivity contribution in [1.29, 1.82) is 0 Å². The largest absolute Gasteiger partial charge is 0.481 e. The molecule has 0 spiro atoms. The minimum Gasteiger partial charge on any atom is -0.481 e. The van der Waals surface area contributed by atoms with Gasteiger partial charge in [0.2, 0.25) is 5.88 Å². The SMILES string of the molecule is CCCNC(c1cc(OC)ncn1)c1c(Br)cnn1C. The first-order chi connectivity index (χ1) is 9.67. The lowest BCUT2D eigenvalue weighted by molar-refractivity contribution is 0.394. The quantitative estimate of drug-likeness (QED) is 0.872. The van der Waals surface area contributed by atoms with Crippen LogP contribution in [0.25, 0.3) is 0 Å². The zero-order valence-electron chi connectivity index (χ0n) is 11.8. The average molecular weight is 340 g/mol. The highest BCUT2D eigenvalue weighted by molar-refractivity contribution is 9.10. The number of aryl methyl sites for hydroxylation is 1. The van der Waals surface area contributed by atoms with Crippen LogP contribution >= 0.6 is 15.9 Å². The van der Waals surface area contributed by atoms with Crippen LogP contribution in [0.5, 0.6) is 5.88 Å². The molecule has 2 aromatic rings. The number of hydrogen-bond donors (Lipinski definition) is 1. The minimum absolute atomic E-state index is 0.0614. The van der Waals surface area contributed by atoms with E-state index in [1.807, 2.05) is 17.8 Å². The van der Waals surface area contributed by atoms with Crippen molar-refractivity contribution in [1.82, 2.24) is 25.1 Å². The molecule has 2 rings (SSSR count). The summed E-state index contributed by atoms with van der Waals surface area (Å²) in [6, 6.07) is 1.78. The Kier molecular flexibility index (Phi) is 5.08. The Morgan fingerprint density at radius 1 is 1.45 bits per heavy atom. The predicted octanol–water partition coefficient (Wildman–Crippen LogP) is 2.07. The summed E-state index contributed by atoms with van der Waals surface area (Å²) >= 11 is 3.54. The molecule has 0 saturated carbocycles. The van der Waals surface area contributed by atoms with Gasteiger partial charge in [0.15, 0.2) is 0 Å². The molecule has 20 heavy (non-hydrogen) atoms. The number of methoxy groups -OCH3 is 1. The van der Waals surface area contributed by atoms with Crippen molar-refractivity contribution < 1.29 is 4.74 Å². The Labute approximate surface area is 126 Å². The summed E-state index contributed by atoms with van der Waals surface area (Å²) in [4.78, 5) is 8.41. The molecular weight excluding hydrogens is 322 g/mol. The molecule has 2 heterocycles. The third-order valence-electron chi connectivity index (χ3n) is 2.98. The Hall–Kier alpha value is -1.47. The standard InChI is InChI=1S/C13H18BrN5O/c1-4-5-15-12(13-9(14)7-18-19(13)2)10-6-11(20-3)17-8-16-10/h6-8,12,15H,4-5H2,1-3H3. The van der Waals surface area contributed by atoms with Gasteiger partial charge in [-0.1, -0.05) is 6.92 Å². The Morgan fingerprint density at radius 3 is 2.85 bits per heavy atom. The van der Waals surface area contributed by atoms with Gasteiger partial charge in [-0.3, -0.25) is 4.68 Å². The van der Waals surface area contributed by atoms with E-state index >= 15 is 0 Å². The number of halogens is 1. The molecule has 1 atom stereocenters. The Morgan fingerprint density at radius 2 is 2.25 bits per heavy atom. The van der Waals surface area contributed by atoms with Crippen molar-refractivity contribution in [3.63, 3.8) is 0 Å². The van der Waals surface area contributed by atoms with E-state index in [2.05, 4.69) is 43.2 Å². The van der Waals surface area contributed by atoms with Crippen LogP contribution in [0, 0.1) is 0 Å². The number of aromatic nitrogens is 4. The lowest BCUT2D eigenvalue weighted by Gasteiger charge is -2.19. The first-order valence-corrected chi connectivity index (χ1v) is 7.23. The maximum atomic E-state index is 5.17. The fourth-order valence-corrected chi connectivity index (χ4v) is 2.58. The van der Waals surface area contributed by atoms with Gasteiger partial charge in [-0.05, 0) is 28.9 Å². The molecule has 0 fully saturated rings. The normalized spacial score (nSPS) is 12.4. The molecule has 0 saturated heterocycles. The second kappa shape index (κ2) is 6.81. The summed E-state index contributed by atoms with van der Waals surface area (Å²) in [5.41, 5.74) is 1.88. The highest BCUT2D eigenvalue weighted by Gasteiger charge is 2.22. The fourth-order valence-electron chi connectivity index (χ4n) is 2.00.